The first-order chi connectivity index (χ1) is 13.0. The lowest BCUT2D eigenvalue weighted by Crippen LogP contribution is -2.31. The van der Waals surface area contributed by atoms with Crippen molar-refractivity contribution in [3.05, 3.63) is 88.6 Å². The molecule has 0 atom stereocenters. The normalized spacial score (nSPS) is 10.3. The topological polar surface area (TPSA) is 93.1 Å². The minimum Gasteiger partial charge on any atom is -0.324 e. The van der Waals surface area contributed by atoms with E-state index in [1.165, 1.54) is 30.3 Å². The average Bonchev–Trinajstić information content (AvgIpc) is 2.66. The maximum atomic E-state index is 12.9. The van der Waals surface area contributed by atoms with Crippen LogP contribution in [0.4, 0.5) is 15.8 Å². The average molecular weight is 366 g/mol. The van der Waals surface area contributed by atoms with E-state index in [0.717, 1.165) is 10.7 Å². The molecule has 7 nitrogen and oxygen atoms in total. The summed E-state index contributed by atoms with van der Waals surface area (Å²) < 4.78 is 13.8. The second-order valence-electron chi connectivity index (χ2n) is 5.59. The van der Waals surface area contributed by atoms with Crippen molar-refractivity contribution in [3.63, 3.8) is 0 Å². The molecule has 0 aliphatic heterocycles. The quantitative estimate of drug-likeness (QED) is 0.724. The van der Waals surface area contributed by atoms with Gasteiger partial charge in [0.2, 0.25) is 5.91 Å². The van der Waals surface area contributed by atoms with Gasteiger partial charge in [-0.25, -0.2) is 9.07 Å². The van der Waals surface area contributed by atoms with E-state index in [4.69, 9.17) is 0 Å². The molecule has 0 saturated carbocycles. The zero-order valence-corrected chi connectivity index (χ0v) is 14.1. The van der Waals surface area contributed by atoms with Crippen molar-refractivity contribution in [2.45, 2.75) is 6.54 Å². The predicted octanol–water partition coefficient (Wildman–Crippen LogP) is 2.27. The second-order valence-corrected chi connectivity index (χ2v) is 5.59. The Kier molecular flexibility index (Phi) is 5.36. The lowest BCUT2D eigenvalue weighted by atomic mass is 10.3. The van der Waals surface area contributed by atoms with Crippen LogP contribution in [-0.4, -0.2) is 21.6 Å². The van der Waals surface area contributed by atoms with Crippen LogP contribution < -0.4 is 16.2 Å². The zero-order valence-electron chi connectivity index (χ0n) is 14.1. The van der Waals surface area contributed by atoms with Crippen LogP contribution in [0.5, 0.6) is 0 Å². The van der Waals surface area contributed by atoms with E-state index in [-0.39, 0.29) is 12.2 Å². The Bertz CT molecular complexity index is 1020. The SMILES string of the molecule is O=C(Cn1nc(C(=O)Nc2ccccc2)ccc1=O)Nc1ccc(F)cc1. The summed E-state index contributed by atoms with van der Waals surface area (Å²) in [6.07, 6.45) is 0. The summed E-state index contributed by atoms with van der Waals surface area (Å²) in [5, 5.41) is 9.11. The van der Waals surface area contributed by atoms with Gasteiger partial charge in [-0.15, -0.1) is 0 Å². The van der Waals surface area contributed by atoms with E-state index in [0.29, 0.717) is 11.4 Å². The summed E-state index contributed by atoms with van der Waals surface area (Å²) in [4.78, 5) is 36.3. The third-order valence-corrected chi connectivity index (χ3v) is 3.55. The highest BCUT2D eigenvalue weighted by molar-refractivity contribution is 6.02. The highest BCUT2D eigenvalue weighted by Crippen LogP contribution is 2.08. The Hall–Kier alpha value is -3.81. The number of nitrogens with zero attached hydrogens (tertiary/aromatic N) is 2. The highest BCUT2D eigenvalue weighted by Gasteiger charge is 2.12. The van der Waals surface area contributed by atoms with Gasteiger partial charge in [0.1, 0.15) is 18.1 Å². The summed E-state index contributed by atoms with van der Waals surface area (Å²) in [5.41, 5.74) is 0.428. The van der Waals surface area contributed by atoms with Crippen LogP contribution in [0.25, 0.3) is 0 Å². The molecule has 136 valence electrons. The Balaban J connectivity index is 1.71. The summed E-state index contributed by atoms with van der Waals surface area (Å²) in [5.74, 6) is -1.46. The van der Waals surface area contributed by atoms with Crippen LogP contribution in [0.2, 0.25) is 0 Å². The monoisotopic (exact) mass is 366 g/mol. The molecule has 0 unspecified atom stereocenters. The van der Waals surface area contributed by atoms with Crippen molar-refractivity contribution in [2.75, 3.05) is 10.6 Å². The van der Waals surface area contributed by atoms with Crippen LogP contribution in [0.3, 0.4) is 0 Å². The third-order valence-electron chi connectivity index (χ3n) is 3.55. The lowest BCUT2D eigenvalue weighted by Gasteiger charge is -2.09. The van der Waals surface area contributed by atoms with Crippen molar-refractivity contribution in [1.29, 1.82) is 0 Å². The van der Waals surface area contributed by atoms with E-state index in [1.54, 1.807) is 24.3 Å². The van der Waals surface area contributed by atoms with E-state index in [2.05, 4.69) is 15.7 Å². The number of hydrogen-bond donors (Lipinski definition) is 2. The van der Waals surface area contributed by atoms with Gasteiger partial charge in [-0.2, -0.15) is 5.10 Å². The molecule has 1 aromatic heterocycles. The molecule has 27 heavy (non-hydrogen) atoms. The Morgan fingerprint density at radius 2 is 1.56 bits per heavy atom. The van der Waals surface area contributed by atoms with Crippen molar-refractivity contribution >= 4 is 23.2 Å². The van der Waals surface area contributed by atoms with E-state index < -0.39 is 23.2 Å². The number of para-hydroxylation sites is 1. The number of carbonyl (C=O) groups excluding carboxylic acids is 2. The van der Waals surface area contributed by atoms with Crippen molar-refractivity contribution < 1.29 is 14.0 Å². The molecule has 2 N–H and O–H groups in total. The van der Waals surface area contributed by atoms with Crippen molar-refractivity contribution in [3.8, 4) is 0 Å². The van der Waals surface area contributed by atoms with Crippen molar-refractivity contribution in [1.82, 2.24) is 9.78 Å². The molecule has 0 bridgehead atoms. The summed E-state index contributed by atoms with van der Waals surface area (Å²) in [6.45, 7) is -0.386. The maximum absolute atomic E-state index is 12.9. The van der Waals surface area contributed by atoms with Gasteiger partial charge >= 0.3 is 0 Å². The number of aromatic nitrogens is 2. The van der Waals surface area contributed by atoms with Gasteiger partial charge in [0.25, 0.3) is 11.5 Å². The van der Waals surface area contributed by atoms with Gasteiger partial charge in [0.15, 0.2) is 0 Å². The summed E-state index contributed by atoms with van der Waals surface area (Å²) in [6, 6.07) is 16.4. The Morgan fingerprint density at radius 3 is 2.26 bits per heavy atom. The van der Waals surface area contributed by atoms with Gasteiger partial charge in [-0.1, -0.05) is 18.2 Å². The number of amides is 2. The minimum absolute atomic E-state index is 0.00645. The maximum Gasteiger partial charge on any atom is 0.276 e. The molecule has 0 aliphatic rings. The molecule has 2 aromatic carbocycles. The molecule has 0 aliphatic carbocycles. The number of nitrogens with one attached hydrogen (secondary N) is 2. The molecular weight excluding hydrogens is 351 g/mol. The zero-order chi connectivity index (χ0) is 19.2. The Morgan fingerprint density at radius 1 is 0.889 bits per heavy atom. The van der Waals surface area contributed by atoms with E-state index in [9.17, 15) is 18.8 Å². The number of anilines is 2. The van der Waals surface area contributed by atoms with Crippen LogP contribution in [0.1, 0.15) is 10.5 Å². The van der Waals surface area contributed by atoms with E-state index in [1.807, 2.05) is 6.07 Å². The third kappa shape index (κ3) is 4.85. The van der Waals surface area contributed by atoms with Gasteiger partial charge in [0.05, 0.1) is 0 Å². The molecular formula is C19H15FN4O3. The van der Waals surface area contributed by atoms with Crippen LogP contribution in [-0.2, 0) is 11.3 Å². The molecule has 3 aromatic rings. The van der Waals surface area contributed by atoms with Gasteiger partial charge in [-0.05, 0) is 42.5 Å². The first-order valence-corrected chi connectivity index (χ1v) is 8.01. The lowest BCUT2D eigenvalue weighted by molar-refractivity contribution is -0.117. The molecule has 3 rings (SSSR count). The van der Waals surface area contributed by atoms with E-state index >= 15 is 0 Å². The molecule has 0 spiro atoms. The standard InChI is InChI=1S/C19H15FN4O3/c20-13-6-8-15(9-7-13)21-17(25)12-24-18(26)11-10-16(23-24)19(27)22-14-4-2-1-3-5-14/h1-11H,12H2,(H,21,25)(H,22,27). The molecule has 0 saturated heterocycles. The van der Waals surface area contributed by atoms with Gasteiger partial charge in [0, 0.05) is 17.4 Å². The number of rotatable bonds is 5. The predicted molar refractivity (Wildman–Crippen MR) is 97.9 cm³/mol. The fourth-order valence-corrected chi connectivity index (χ4v) is 2.27. The van der Waals surface area contributed by atoms with Gasteiger partial charge in [-0.3, -0.25) is 14.4 Å². The van der Waals surface area contributed by atoms with Crippen LogP contribution in [0, 0.1) is 5.82 Å². The number of benzene rings is 2. The summed E-state index contributed by atoms with van der Waals surface area (Å²) in [7, 11) is 0. The smallest absolute Gasteiger partial charge is 0.276 e. The van der Waals surface area contributed by atoms with Crippen molar-refractivity contribution in [2.24, 2.45) is 0 Å². The second kappa shape index (κ2) is 8.05. The molecule has 0 fully saturated rings. The molecule has 8 heteroatoms. The Labute approximate surface area is 153 Å². The van der Waals surface area contributed by atoms with Crippen LogP contribution >= 0.6 is 0 Å². The molecule has 0 radical (unpaired) electrons. The molecule has 1 heterocycles. The fraction of sp³-hybridized carbons (Fsp3) is 0.0526. The fourth-order valence-electron chi connectivity index (χ4n) is 2.27. The number of carbonyl (C=O) groups is 2. The van der Waals surface area contributed by atoms with Gasteiger partial charge < -0.3 is 10.6 Å². The minimum atomic E-state index is -0.531. The number of halogens is 1. The first kappa shape index (κ1) is 18.0. The largest absolute Gasteiger partial charge is 0.324 e. The van der Waals surface area contributed by atoms with Crippen LogP contribution in [0.15, 0.2) is 71.5 Å². The highest BCUT2D eigenvalue weighted by atomic mass is 19.1. The molecule has 2 amide bonds. The summed E-state index contributed by atoms with van der Waals surface area (Å²) >= 11 is 0. The number of hydrogen-bond acceptors (Lipinski definition) is 4. The first-order valence-electron chi connectivity index (χ1n) is 8.01.